The Morgan fingerprint density at radius 1 is 1.06 bits per heavy atom. The molecule has 1 aliphatic rings. The predicted molar refractivity (Wildman–Crippen MR) is 141 cm³/mol. The lowest BCUT2D eigenvalue weighted by molar-refractivity contribution is -0.149. The van der Waals surface area contributed by atoms with Crippen LogP contribution in [0, 0.1) is 6.92 Å². The quantitative estimate of drug-likeness (QED) is 0.231. The number of hydrogen-bond donors (Lipinski definition) is 0. The van der Waals surface area contributed by atoms with Gasteiger partial charge in [-0.25, -0.2) is 9.97 Å². The molecule has 0 aliphatic carbocycles. The van der Waals surface area contributed by atoms with E-state index < -0.39 is 13.9 Å². The second-order valence-corrected chi connectivity index (χ2v) is 16.3. The van der Waals surface area contributed by atoms with Crippen molar-refractivity contribution in [2.45, 2.75) is 65.4 Å². The van der Waals surface area contributed by atoms with Gasteiger partial charge in [-0.2, -0.15) is 0 Å². The molecule has 0 amide bonds. The first-order valence-electron chi connectivity index (χ1n) is 12.5. The summed E-state index contributed by atoms with van der Waals surface area (Å²) in [5.41, 5.74) is 7.60. The van der Waals surface area contributed by atoms with E-state index in [1.807, 2.05) is 26.2 Å². The van der Waals surface area contributed by atoms with Crippen molar-refractivity contribution < 1.29 is 14.2 Å². The smallest absolute Gasteiger partial charge is 0.192 e. The van der Waals surface area contributed by atoms with Crippen molar-refractivity contribution in [2.24, 2.45) is 0 Å². The fourth-order valence-corrected chi connectivity index (χ4v) is 5.67. The molecule has 4 heterocycles. The van der Waals surface area contributed by atoms with E-state index in [0.29, 0.717) is 19.9 Å². The van der Waals surface area contributed by atoms with Crippen molar-refractivity contribution in [3.8, 4) is 11.3 Å². The van der Waals surface area contributed by atoms with Gasteiger partial charge in [0.15, 0.2) is 11.4 Å². The standard InChI is InChI=1S/C27H36N4O3Si/c1-7-23-24(20-8-10-21(11-9-20)27(3)33-12-13-34-27)30(18-32-14-15-35(4,5)6)26-25(23)31-19(2)28-16-22(31)17-29-26/h8-11,16-17H,7,12-15,18H2,1-6H3. The highest BCUT2D eigenvalue weighted by Gasteiger charge is 2.33. The Morgan fingerprint density at radius 3 is 2.40 bits per heavy atom. The third-order valence-corrected chi connectivity index (χ3v) is 8.61. The van der Waals surface area contributed by atoms with Gasteiger partial charge < -0.3 is 14.2 Å². The average Bonchev–Trinajstić information content (AvgIpc) is 3.52. The molecule has 7 nitrogen and oxygen atoms in total. The van der Waals surface area contributed by atoms with Crippen LogP contribution in [-0.4, -0.2) is 46.8 Å². The molecule has 1 aliphatic heterocycles. The maximum Gasteiger partial charge on any atom is 0.192 e. The first kappa shape index (κ1) is 24.2. The van der Waals surface area contributed by atoms with Crippen LogP contribution in [0.25, 0.3) is 27.9 Å². The molecule has 0 N–H and O–H groups in total. The number of imidazole rings is 1. The van der Waals surface area contributed by atoms with Crippen LogP contribution in [-0.2, 0) is 33.1 Å². The fourth-order valence-electron chi connectivity index (χ4n) is 4.92. The molecule has 0 saturated carbocycles. The summed E-state index contributed by atoms with van der Waals surface area (Å²) in [5, 5.41) is 0. The summed E-state index contributed by atoms with van der Waals surface area (Å²) in [5.74, 6) is 0.282. The van der Waals surface area contributed by atoms with Crippen molar-refractivity contribution in [2.75, 3.05) is 19.8 Å². The van der Waals surface area contributed by atoms with Gasteiger partial charge in [-0.05, 0) is 31.9 Å². The minimum atomic E-state index is -1.18. The number of aromatic nitrogens is 4. The summed E-state index contributed by atoms with van der Waals surface area (Å²) >= 11 is 0. The van der Waals surface area contributed by atoms with E-state index in [1.165, 1.54) is 5.56 Å². The van der Waals surface area contributed by atoms with Crippen LogP contribution in [0.3, 0.4) is 0 Å². The normalized spacial score (nSPS) is 16.1. The molecule has 186 valence electrons. The van der Waals surface area contributed by atoms with E-state index in [-0.39, 0.29) is 0 Å². The second kappa shape index (κ2) is 9.17. The molecule has 0 bridgehead atoms. The topological polar surface area (TPSA) is 62.8 Å². The summed E-state index contributed by atoms with van der Waals surface area (Å²) in [4.78, 5) is 9.45. The van der Waals surface area contributed by atoms with Crippen LogP contribution >= 0.6 is 0 Å². The molecule has 5 rings (SSSR count). The van der Waals surface area contributed by atoms with E-state index in [0.717, 1.165) is 58.4 Å². The lowest BCUT2D eigenvalue weighted by Crippen LogP contribution is -2.22. The first-order chi connectivity index (χ1) is 16.7. The molecule has 1 saturated heterocycles. The molecule has 8 heteroatoms. The van der Waals surface area contributed by atoms with Crippen LogP contribution in [0.1, 0.15) is 30.8 Å². The monoisotopic (exact) mass is 492 g/mol. The van der Waals surface area contributed by atoms with Gasteiger partial charge in [-0.1, -0.05) is 50.8 Å². The van der Waals surface area contributed by atoms with E-state index in [1.54, 1.807) is 0 Å². The number of aryl methyl sites for hydroxylation is 2. The van der Waals surface area contributed by atoms with Gasteiger partial charge in [0, 0.05) is 25.8 Å². The zero-order valence-corrected chi connectivity index (χ0v) is 22.7. The Kier molecular flexibility index (Phi) is 6.33. The van der Waals surface area contributed by atoms with E-state index in [4.69, 9.17) is 19.2 Å². The van der Waals surface area contributed by atoms with E-state index in [9.17, 15) is 0 Å². The minimum Gasteiger partial charge on any atom is -0.361 e. The molecule has 4 aromatic rings. The molecule has 0 unspecified atom stereocenters. The van der Waals surface area contributed by atoms with Crippen molar-refractivity contribution in [3.05, 3.63) is 53.6 Å². The Labute approximate surface area is 208 Å². The van der Waals surface area contributed by atoms with Crippen LogP contribution in [0.5, 0.6) is 0 Å². The Balaban J connectivity index is 1.63. The van der Waals surface area contributed by atoms with Crippen LogP contribution in [0.15, 0.2) is 36.7 Å². The predicted octanol–water partition coefficient (Wildman–Crippen LogP) is 5.75. The molecule has 0 spiro atoms. The van der Waals surface area contributed by atoms with Gasteiger partial charge in [-0.15, -0.1) is 0 Å². The average molecular weight is 493 g/mol. The van der Waals surface area contributed by atoms with Crippen molar-refractivity contribution in [1.82, 2.24) is 18.9 Å². The molecule has 0 radical (unpaired) electrons. The van der Waals surface area contributed by atoms with Gasteiger partial charge in [0.25, 0.3) is 0 Å². The highest BCUT2D eigenvalue weighted by Crippen LogP contribution is 2.37. The maximum absolute atomic E-state index is 6.26. The van der Waals surface area contributed by atoms with Crippen LogP contribution < -0.4 is 0 Å². The lowest BCUT2D eigenvalue weighted by Gasteiger charge is -2.23. The number of fused-ring (bicyclic) bond motifs is 3. The van der Waals surface area contributed by atoms with Crippen molar-refractivity contribution >= 4 is 24.8 Å². The van der Waals surface area contributed by atoms with Crippen LogP contribution in [0.4, 0.5) is 0 Å². The van der Waals surface area contributed by atoms with Gasteiger partial charge in [-0.3, -0.25) is 8.97 Å². The molecular weight excluding hydrogens is 456 g/mol. The highest BCUT2D eigenvalue weighted by molar-refractivity contribution is 6.76. The summed E-state index contributed by atoms with van der Waals surface area (Å²) in [6.45, 7) is 15.8. The first-order valence-corrected chi connectivity index (χ1v) is 16.2. The summed E-state index contributed by atoms with van der Waals surface area (Å²) in [6.07, 6.45) is 4.67. The Morgan fingerprint density at radius 2 is 1.74 bits per heavy atom. The second-order valence-electron chi connectivity index (χ2n) is 10.7. The van der Waals surface area contributed by atoms with Gasteiger partial charge in [0.1, 0.15) is 12.6 Å². The van der Waals surface area contributed by atoms with Gasteiger partial charge in [0.2, 0.25) is 0 Å². The SMILES string of the molecule is CCc1c(-c2ccc(C3(C)OCCO3)cc2)n(COCC[Si](C)(C)C)c2ncc3cnc(C)n3c12. The zero-order valence-electron chi connectivity index (χ0n) is 21.7. The number of nitrogens with zero attached hydrogens (tertiary/aromatic N) is 4. The van der Waals surface area contributed by atoms with Crippen LogP contribution in [0.2, 0.25) is 25.7 Å². The van der Waals surface area contributed by atoms with Gasteiger partial charge >= 0.3 is 0 Å². The number of benzene rings is 1. The highest BCUT2D eigenvalue weighted by atomic mass is 28.3. The zero-order chi connectivity index (χ0) is 24.8. The third kappa shape index (κ3) is 4.44. The molecule has 1 fully saturated rings. The summed E-state index contributed by atoms with van der Waals surface area (Å²) in [7, 11) is -1.18. The summed E-state index contributed by atoms with van der Waals surface area (Å²) < 4.78 is 22.5. The van der Waals surface area contributed by atoms with Crippen molar-refractivity contribution in [3.63, 3.8) is 0 Å². The van der Waals surface area contributed by atoms with Crippen molar-refractivity contribution in [1.29, 1.82) is 0 Å². The third-order valence-electron chi connectivity index (χ3n) is 6.91. The number of hydrogen-bond acceptors (Lipinski definition) is 5. The number of rotatable bonds is 8. The molecule has 0 atom stereocenters. The van der Waals surface area contributed by atoms with E-state index >= 15 is 0 Å². The molecule has 35 heavy (non-hydrogen) atoms. The molecule has 3 aromatic heterocycles. The molecule has 1 aromatic carbocycles. The van der Waals surface area contributed by atoms with Gasteiger partial charge in [0.05, 0.1) is 42.3 Å². The molecular formula is C27H36N4O3Si. The van der Waals surface area contributed by atoms with E-state index in [2.05, 4.69) is 64.8 Å². The summed E-state index contributed by atoms with van der Waals surface area (Å²) in [6, 6.07) is 9.68. The largest absolute Gasteiger partial charge is 0.361 e. The fraction of sp³-hybridized carbons (Fsp3) is 0.481. The Hall–Kier alpha value is -2.52. The minimum absolute atomic E-state index is 0.467. The lowest BCUT2D eigenvalue weighted by atomic mass is 10.0. The Bertz CT molecular complexity index is 1350. The number of ether oxygens (including phenoxy) is 3. The maximum atomic E-state index is 6.26.